The molecule has 2 aromatic carbocycles. The van der Waals surface area contributed by atoms with E-state index in [1.54, 1.807) is 6.07 Å². The molecule has 0 aliphatic heterocycles. The van der Waals surface area contributed by atoms with Crippen LogP contribution in [0.4, 0.5) is 15.8 Å². The molecule has 0 saturated carbocycles. The summed E-state index contributed by atoms with van der Waals surface area (Å²) in [6.45, 7) is 0. The van der Waals surface area contributed by atoms with E-state index in [-0.39, 0.29) is 16.4 Å². The van der Waals surface area contributed by atoms with Gasteiger partial charge in [-0.25, -0.2) is 4.39 Å². The fourth-order valence-electron chi connectivity index (χ4n) is 1.51. The van der Waals surface area contributed by atoms with Crippen LogP contribution in [-0.2, 0) is 9.59 Å². The second-order valence-corrected chi connectivity index (χ2v) is 4.86. The molecule has 21 heavy (non-hydrogen) atoms. The smallest absolute Gasteiger partial charge is 0.314 e. The van der Waals surface area contributed by atoms with Crippen LogP contribution in [0, 0.1) is 5.82 Å². The quantitative estimate of drug-likeness (QED) is 0.826. The number of hydrogen-bond acceptors (Lipinski definition) is 2. The maximum atomic E-state index is 13.4. The van der Waals surface area contributed by atoms with Crippen LogP contribution in [0.1, 0.15) is 0 Å². The molecule has 0 heterocycles. The molecule has 4 nitrogen and oxygen atoms in total. The first-order valence-corrected chi connectivity index (χ1v) is 6.55. The summed E-state index contributed by atoms with van der Waals surface area (Å²) in [5.74, 6) is -2.64. The molecule has 0 aromatic heterocycles. The summed E-state index contributed by atoms with van der Waals surface area (Å²) in [4.78, 5) is 23.4. The van der Waals surface area contributed by atoms with Crippen molar-refractivity contribution < 1.29 is 14.0 Å². The van der Waals surface area contributed by atoms with Crippen LogP contribution in [0.2, 0.25) is 10.0 Å². The van der Waals surface area contributed by atoms with Crippen molar-refractivity contribution in [3.8, 4) is 0 Å². The van der Waals surface area contributed by atoms with Gasteiger partial charge in [0.25, 0.3) is 0 Å². The van der Waals surface area contributed by atoms with Gasteiger partial charge in [0.05, 0.1) is 16.4 Å². The second kappa shape index (κ2) is 6.56. The lowest BCUT2D eigenvalue weighted by molar-refractivity contribution is -0.133. The summed E-state index contributed by atoms with van der Waals surface area (Å²) in [6.07, 6.45) is 0. The number of carbonyl (C=O) groups is 2. The van der Waals surface area contributed by atoms with E-state index in [9.17, 15) is 14.0 Å². The van der Waals surface area contributed by atoms with Crippen molar-refractivity contribution in [2.45, 2.75) is 0 Å². The van der Waals surface area contributed by atoms with Gasteiger partial charge < -0.3 is 10.6 Å². The molecule has 0 unspecified atom stereocenters. The Kier molecular flexibility index (Phi) is 4.77. The Morgan fingerprint density at radius 3 is 2.19 bits per heavy atom. The van der Waals surface area contributed by atoms with Crippen molar-refractivity contribution in [1.82, 2.24) is 0 Å². The maximum absolute atomic E-state index is 13.4. The zero-order valence-electron chi connectivity index (χ0n) is 10.5. The topological polar surface area (TPSA) is 58.2 Å². The van der Waals surface area contributed by atoms with Gasteiger partial charge in [-0.15, -0.1) is 0 Å². The van der Waals surface area contributed by atoms with E-state index in [0.29, 0.717) is 5.02 Å². The average Bonchev–Trinajstić information content (AvgIpc) is 2.45. The number of halogens is 3. The molecule has 0 atom stereocenters. The Hall–Kier alpha value is -2.11. The van der Waals surface area contributed by atoms with Crippen LogP contribution in [-0.4, -0.2) is 11.8 Å². The lowest BCUT2D eigenvalue weighted by atomic mass is 10.3. The first-order valence-electron chi connectivity index (χ1n) is 5.79. The number of benzene rings is 2. The molecule has 0 aliphatic rings. The number of anilines is 2. The molecular formula is C14H9Cl2FN2O2. The highest BCUT2D eigenvalue weighted by Crippen LogP contribution is 2.25. The molecule has 0 bridgehead atoms. The van der Waals surface area contributed by atoms with Gasteiger partial charge in [0.2, 0.25) is 0 Å². The predicted molar refractivity (Wildman–Crippen MR) is 80.1 cm³/mol. The predicted octanol–water partition coefficient (Wildman–Crippen LogP) is 3.71. The molecular weight excluding hydrogens is 318 g/mol. The van der Waals surface area contributed by atoms with Crippen LogP contribution in [0.5, 0.6) is 0 Å². The Morgan fingerprint density at radius 1 is 0.905 bits per heavy atom. The fourth-order valence-corrected chi connectivity index (χ4v) is 1.85. The maximum Gasteiger partial charge on any atom is 0.314 e. The molecule has 0 radical (unpaired) electrons. The molecule has 2 N–H and O–H groups in total. The van der Waals surface area contributed by atoms with Gasteiger partial charge in [0, 0.05) is 5.02 Å². The zero-order chi connectivity index (χ0) is 15.4. The average molecular weight is 327 g/mol. The highest BCUT2D eigenvalue weighted by molar-refractivity contribution is 6.45. The van der Waals surface area contributed by atoms with E-state index in [0.717, 1.165) is 0 Å². The van der Waals surface area contributed by atoms with Gasteiger partial charge in [-0.05, 0) is 30.3 Å². The minimum Gasteiger partial charge on any atom is -0.316 e. The van der Waals surface area contributed by atoms with E-state index >= 15 is 0 Å². The number of para-hydroxylation sites is 1. The molecule has 0 saturated heterocycles. The summed E-state index contributed by atoms with van der Waals surface area (Å²) in [5.41, 5.74) is 0.104. The Morgan fingerprint density at radius 2 is 1.52 bits per heavy atom. The first-order chi connectivity index (χ1) is 9.97. The summed E-state index contributed by atoms with van der Waals surface area (Å²) in [7, 11) is 0. The SMILES string of the molecule is O=C(Nc1ccccc1F)C(=O)Nc1cc(Cl)ccc1Cl. The number of nitrogens with one attached hydrogen (secondary N) is 2. The van der Waals surface area contributed by atoms with Crippen molar-refractivity contribution in [3.05, 3.63) is 58.3 Å². The van der Waals surface area contributed by atoms with Gasteiger partial charge in [0.15, 0.2) is 0 Å². The molecule has 0 fully saturated rings. The van der Waals surface area contributed by atoms with Gasteiger partial charge in [-0.1, -0.05) is 35.3 Å². The third-order valence-electron chi connectivity index (χ3n) is 2.50. The minimum absolute atomic E-state index is 0.0881. The van der Waals surface area contributed by atoms with Gasteiger partial charge in [-0.2, -0.15) is 0 Å². The van der Waals surface area contributed by atoms with Gasteiger partial charge in [-0.3, -0.25) is 9.59 Å². The fraction of sp³-hybridized carbons (Fsp3) is 0. The molecule has 0 aliphatic carbocycles. The Balaban J connectivity index is 2.08. The highest BCUT2D eigenvalue weighted by atomic mass is 35.5. The molecule has 2 amide bonds. The van der Waals surface area contributed by atoms with E-state index in [1.165, 1.54) is 36.4 Å². The second-order valence-electron chi connectivity index (χ2n) is 4.01. The van der Waals surface area contributed by atoms with Crippen LogP contribution >= 0.6 is 23.2 Å². The van der Waals surface area contributed by atoms with E-state index in [4.69, 9.17) is 23.2 Å². The van der Waals surface area contributed by atoms with Crippen molar-refractivity contribution in [2.24, 2.45) is 0 Å². The molecule has 0 spiro atoms. The van der Waals surface area contributed by atoms with E-state index in [2.05, 4.69) is 10.6 Å². The Bertz CT molecular complexity index is 707. The van der Waals surface area contributed by atoms with Gasteiger partial charge >= 0.3 is 11.8 Å². The van der Waals surface area contributed by atoms with Crippen molar-refractivity contribution in [2.75, 3.05) is 10.6 Å². The Labute approximate surface area is 129 Å². The summed E-state index contributed by atoms with van der Waals surface area (Å²) < 4.78 is 13.4. The molecule has 7 heteroatoms. The summed E-state index contributed by atoms with van der Waals surface area (Å²) in [6, 6.07) is 9.93. The number of rotatable bonds is 2. The van der Waals surface area contributed by atoms with Crippen LogP contribution in [0.25, 0.3) is 0 Å². The van der Waals surface area contributed by atoms with Crippen molar-refractivity contribution in [1.29, 1.82) is 0 Å². The molecule has 2 aromatic rings. The lowest BCUT2D eigenvalue weighted by Gasteiger charge is -2.08. The number of carbonyl (C=O) groups excluding carboxylic acids is 2. The van der Waals surface area contributed by atoms with Crippen molar-refractivity contribution in [3.63, 3.8) is 0 Å². The standard InChI is InChI=1S/C14H9Cl2FN2O2/c15-8-5-6-9(16)12(7-8)19-14(21)13(20)18-11-4-2-1-3-10(11)17/h1-7H,(H,18,20)(H,19,21). The summed E-state index contributed by atoms with van der Waals surface area (Å²) in [5, 5.41) is 5.04. The van der Waals surface area contributed by atoms with Gasteiger partial charge in [0.1, 0.15) is 5.82 Å². The number of amides is 2. The zero-order valence-corrected chi connectivity index (χ0v) is 12.0. The summed E-state index contributed by atoms with van der Waals surface area (Å²) >= 11 is 11.6. The largest absolute Gasteiger partial charge is 0.316 e. The van der Waals surface area contributed by atoms with Crippen LogP contribution < -0.4 is 10.6 Å². The first kappa shape index (κ1) is 15.3. The van der Waals surface area contributed by atoms with E-state index in [1.807, 2.05) is 0 Å². The minimum atomic E-state index is -1.02. The highest BCUT2D eigenvalue weighted by Gasteiger charge is 2.16. The third-order valence-corrected chi connectivity index (χ3v) is 3.07. The lowest BCUT2D eigenvalue weighted by Crippen LogP contribution is -2.29. The molecule has 2 rings (SSSR count). The monoisotopic (exact) mass is 326 g/mol. The van der Waals surface area contributed by atoms with E-state index < -0.39 is 17.6 Å². The van der Waals surface area contributed by atoms with Crippen molar-refractivity contribution >= 4 is 46.4 Å². The third kappa shape index (κ3) is 3.93. The normalized spacial score (nSPS) is 10.0. The van der Waals surface area contributed by atoms with Crippen LogP contribution in [0.3, 0.4) is 0 Å². The number of hydrogen-bond donors (Lipinski definition) is 2. The van der Waals surface area contributed by atoms with Crippen LogP contribution in [0.15, 0.2) is 42.5 Å². The molecule has 108 valence electrons.